The van der Waals surface area contributed by atoms with Gasteiger partial charge in [0.15, 0.2) is 11.5 Å². The van der Waals surface area contributed by atoms with Crippen molar-refractivity contribution in [1.29, 1.82) is 0 Å². The van der Waals surface area contributed by atoms with Gasteiger partial charge in [0.25, 0.3) is 15.9 Å². The molecule has 0 saturated carbocycles. The number of ether oxygens (including phenoxy) is 2. The van der Waals surface area contributed by atoms with Gasteiger partial charge in [-0.15, -0.1) is 0 Å². The number of hydrogen-bond donors (Lipinski definition) is 0. The summed E-state index contributed by atoms with van der Waals surface area (Å²) in [6, 6.07) is 19.1. The molecule has 0 aliphatic carbocycles. The Morgan fingerprint density at radius 2 is 1.82 bits per heavy atom. The number of carbonyl (C=O) groups excluding carboxylic acids is 1. The first-order valence-electron chi connectivity index (χ1n) is 10.7. The summed E-state index contributed by atoms with van der Waals surface area (Å²) >= 11 is 0. The molecule has 2 aliphatic heterocycles. The average Bonchev–Trinajstić information content (AvgIpc) is 3.41. The molecule has 0 bridgehead atoms. The number of anilines is 1. The van der Waals surface area contributed by atoms with E-state index in [2.05, 4.69) is 0 Å². The van der Waals surface area contributed by atoms with Gasteiger partial charge in [-0.25, -0.2) is 8.42 Å². The molecule has 8 heteroatoms. The number of para-hydroxylation sites is 1. The summed E-state index contributed by atoms with van der Waals surface area (Å²) in [6.07, 6.45) is 0.659. The van der Waals surface area contributed by atoms with Crippen LogP contribution in [-0.4, -0.2) is 39.1 Å². The topological polar surface area (TPSA) is 76.2 Å². The van der Waals surface area contributed by atoms with Crippen molar-refractivity contribution in [3.8, 4) is 11.5 Å². The van der Waals surface area contributed by atoms with Crippen molar-refractivity contribution in [2.75, 3.05) is 18.1 Å². The molecule has 7 nitrogen and oxygen atoms in total. The minimum absolute atomic E-state index is 0.105. The normalized spacial score (nSPS) is 16.5. The number of fused-ring (bicyclic) bond motifs is 2. The van der Waals surface area contributed by atoms with Gasteiger partial charge in [-0.1, -0.05) is 30.3 Å². The Morgan fingerprint density at radius 3 is 2.67 bits per heavy atom. The van der Waals surface area contributed by atoms with Gasteiger partial charge < -0.3 is 14.4 Å². The van der Waals surface area contributed by atoms with E-state index >= 15 is 0 Å². The maximum Gasteiger partial charge on any atom is 0.264 e. The number of benzene rings is 3. The first-order valence-corrected chi connectivity index (χ1v) is 12.1. The fourth-order valence-corrected chi connectivity index (χ4v) is 6.15. The van der Waals surface area contributed by atoms with Crippen LogP contribution in [0.2, 0.25) is 0 Å². The summed E-state index contributed by atoms with van der Waals surface area (Å²) in [5.41, 5.74) is 2.91. The zero-order valence-electron chi connectivity index (χ0n) is 18.4. The van der Waals surface area contributed by atoms with Gasteiger partial charge in [-0.3, -0.25) is 9.10 Å². The Balaban J connectivity index is 1.39. The number of nitrogens with zero attached hydrogens (tertiary/aromatic N) is 2. The van der Waals surface area contributed by atoms with Crippen molar-refractivity contribution in [1.82, 2.24) is 4.90 Å². The summed E-state index contributed by atoms with van der Waals surface area (Å²) in [6.45, 7) is 2.43. The Labute approximate surface area is 193 Å². The number of sulfonamides is 1. The van der Waals surface area contributed by atoms with Gasteiger partial charge in [0.05, 0.1) is 10.6 Å². The second kappa shape index (κ2) is 8.12. The number of carbonyl (C=O) groups is 1. The third-order valence-electron chi connectivity index (χ3n) is 5.99. The summed E-state index contributed by atoms with van der Waals surface area (Å²) in [5.74, 6) is 1.07. The third-order valence-corrected chi connectivity index (χ3v) is 7.91. The number of hydrogen-bond acceptors (Lipinski definition) is 5. The molecule has 5 rings (SSSR count). The van der Waals surface area contributed by atoms with E-state index in [1.807, 2.05) is 49.4 Å². The summed E-state index contributed by atoms with van der Waals surface area (Å²) < 4.78 is 39.2. The molecule has 1 amide bonds. The highest BCUT2D eigenvalue weighted by molar-refractivity contribution is 7.92. The van der Waals surface area contributed by atoms with Crippen molar-refractivity contribution in [2.45, 2.75) is 30.8 Å². The van der Waals surface area contributed by atoms with Crippen LogP contribution in [0.1, 0.15) is 28.4 Å². The average molecular weight is 465 g/mol. The van der Waals surface area contributed by atoms with Gasteiger partial charge in [0, 0.05) is 25.2 Å². The largest absolute Gasteiger partial charge is 0.454 e. The molecule has 3 aromatic carbocycles. The molecule has 2 aliphatic rings. The summed E-state index contributed by atoms with van der Waals surface area (Å²) in [4.78, 5) is 14.8. The molecular weight excluding hydrogens is 440 g/mol. The Hall–Kier alpha value is -3.52. The van der Waals surface area contributed by atoms with Crippen LogP contribution in [0, 0.1) is 0 Å². The van der Waals surface area contributed by atoms with Gasteiger partial charge in [0.1, 0.15) is 0 Å². The molecule has 0 saturated heterocycles. The van der Waals surface area contributed by atoms with Crippen LogP contribution >= 0.6 is 0 Å². The fraction of sp³-hybridized carbons (Fsp3) is 0.240. The van der Waals surface area contributed by atoms with E-state index in [4.69, 9.17) is 9.47 Å². The molecule has 0 radical (unpaired) electrons. The van der Waals surface area contributed by atoms with Crippen molar-refractivity contribution in [3.05, 3.63) is 83.4 Å². The molecule has 0 unspecified atom stereocenters. The lowest BCUT2D eigenvalue weighted by molar-refractivity contribution is 0.0784. The maximum atomic E-state index is 13.5. The smallest absolute Gasteiger partial charge is 0.264 e. The lowest BCUT2D eigenvalue weighted by Gasteiger charge is -2.25. The van der Waals surface area contributed by atoms with Crippen LogP contribution in [0.3, 0.4) is 0 Å². The van der Waals surface area contributed by atoms with Crippen LogP contribution < -0.4 is 13.8 Å². The first-order chi connectivity index (χ1) is 15.8. The van der Waals surface area contributed by atoms with Crippen LogP contribution in [0.5, 0.6) is 11.5 Å². The highest BCUT2D eigenvalue weighted by atomic mass is 32.2. The van der Waals surface area contributed by atoms with E-state index in [1.54, 1.807) is 24.1 Å². The Bertz CT molecular complexity index is 1340. The Kier molecular flexibility index (Phi) is 5.25. The van der Waals surface area contributed by atoms with Crippen molar-refractivity contribution >= 4 is 21.6 Å². The van der Waals surface area contributed by atoms with E-state index < -0.39 is 10.0 Å². The highest BCUT2D eigenvalue weighted by Crippen LogP contribution is 2.37. The second-order valence-electron chi connectivity index (χ2n) is 8.36. The third kappa shape index (κ3) is 3.80. The van der Waals surface area contributed by atoms with Crippen molar-refractivity contribution in [3.63, 3.8) is 0 Å². The van der Waals surface area contributed by atoms with E-state index in [0.717, 1.165) is 11.1 Å². The molecule has 3 aromatic rings. The fourth-order valence-electron chi connectivity index (χ4n) is 4.41. The highest BCUT2D eigenvalue weighted by Gasteiger charge is 2.36. The van der Waals surface area contributed by atoms with Crippen LogP contribution in [0.4, 0.5) is 5.69 Å². The van der Waals surface area contributed by atoms with E-state index in [9.17, 15) is 13.2 Å². The van der Waals surface area contributed by atoms with E-state index in [-0.39, 0.29) is 23.6 Å². The standard InChI is InChI=1S/C25H24N2O5S/c1-17-12-19-6-3-4-9-22(19)27(17)33(29,30)21-8-5-7-20(14-21)25(28)26(2)15-18-10-11-23-24(13-18)32-16-31-23/h3-11,13-14,17H,12,15-16H2,1-2H3/t17-/m1/s1. The van der Waals surface area contributed by atoms with Gasteiger partial charge >= 0.3 is 0 Å². The van der Waals surface area contributed by atoms with Gasteiger partial charge in [-0.05, 0) is 60.9 Å². The molecule has 1 atom stereocenters. The number of rotatable bonds is 5. The lowest BCUT2D eigenvalue weighted by atomic mass is 10.1. The summed E-state index contributed by atoms with van der Waals surface area (Å²) in [5, 5.41) is 0. The predicted molar refractivity (Wildman–Crippen MR) is 124 cm³/mol. The quantitative estimate of drug-likeness (QED) is 0.574. The summed E-state index contributed by atoms with van der Waals surface area (Å²) in [7, 11) is -2.13. The number of amides is 1. The van der Waals surface area contributed by atoms with Gasteiger partial charge in [-0.2, -0.15) is 0 Å². The van der Waals surface area contributed by atoms with Crippen molar-refractivity contribution in [2.24, 2.45) is 0 Å². The first kappa shape index (κ1) is 21.3. The SMILES string of the molecule is C[C@@H]1Cc2ccccc2N1S(=O)(=O)c1cccc(C(=O)N(C)Cc2ccc3c(c2)OCO3)c1. The predicted octanol–water partition coefficient (Wildman–Crippen LogP) is 3.83. The van der Waals surface area contributed by atoms with Crippen LogP contribution in [-0.2, 0) is 23.0 Å². The molecule has 0 fully saturated rings. The monoisotopic (exact) mass is 464 g/mol. The lowest BCUT2D eigenvalue weighted by Crippen LogP contribution is -2.36. The molecule has 33 heavy (non-hydrogen) atoms. The Morgan fingerprint density at radius 1 is 1.03 bits per heavy atom. The molecule has 170 valence electrons. The van der Waals surface area contributed by atoms with Crippen LogP contribution in [0.25, 0.3) is 0 Å². The molecule has 0 spiro atoms. The minimum Gasteiger partial charge on any atom is -0.454 e. The molecular formula is C25H24N2O5S. The van der Waals surface area contributed by atoms with E-state index in [1.165, 1.54) is 16.4 Å². The van der Waals surface area contributed by atoms with Crippen molar-refractivity contribution < 1.29 is 22.7 Å². The molecule has 2 heterocycles. The zero-order chi connectivity index (χ0) is 23.2. The molecule has 0 N–H and O–H groups in total. The van der Waals surface area contributed by atoms with Gasteiger partial charge in [0.2, 0.25) is 6.79 Å². The minimum atomic E-state index is -3.82. The zero-order valence-corrected chi connectivity index (χ0v) is 19.2. The maximum absolute atomic E-state index is 13.5. The second-order valence-corrected chi connectivity index (χ2v) is 10.2. The van der Waals surface area contributed by atoms with Crippen LogP contribution in [0.15, 0.2) is 71.6 Å². The van der Waals surface area contributed by atoms with E-state index in [0.29, 0.717) is 35.7 Å². The molecule has 0 aromatic heterocycles.